The standard InChI is InChI=1S/C20H33N5O3S/c1-16-7-9-17(10-8-16)29(27,28)24-14-13-22-19(21-2)23-15-20(11-5-6-12-20)18(26)25(3)4/h7-10,24H,5-6,11-15H2,1-4H3,(H2,21,22,23). The fraction of sp³-hybridized carbons (Fsp3) is 0.600. The molecule has 1 fully saturated rings. The van der Waals surface area contributed by atoms with Crippen molar-refractivity contribution in [1.29, 1.82) is 0 Å². The van der Waals surface area contributed by atoms with Gasteiger partial charge in [-0.05, 0) is 31.9 Å². The van der Waals surface area contributed by atoms with Crippen LogP contribution in [0.25, 0.3) is 0 Å². The molecular weight excluding hydrogens is 390 g/mol. The summed E-state index contributed by atoms with van der Waals surface area (Å²) in [5, 5.41) is 6.34. The van der Waals surface area contributed by atoms with Crippen molar-refractivity contribution in [2.75, 3.05) is 40.8 Å². The van der Waals surface area contributed by atoms with Crippen molar-refractivity contribution in [2.24, 2.45) is 10.4 Å². The summed E-state index contributed by atoms with van der Waals surface area (Å²) < 4.78 is 27.2. The maximum atomic E-state index is 12.6. The molecule has 0 atom stereocenters. The fourth-order valence-electron chi connectivity index (χ4n) is 3.63. The highest BCUT2D eigenvalue weighted by Gasteiger charge is 2.42. The number of nitrogens with zero attached hydrogens (tertiary/aromatic N) is 2. The van der Waals surface area contributed by atoms with Crippen LogP contribution in [-0.2, 0) is 14.8 Å². The number of aryl methyl sites for hydroxylation is 1. The Bertz CT molecular complexity index is 813. The number of amides is 1. The minimum Gasteiger partial charge on any atom is -0.355 e. The Hall–Kier alpha value is -2.13. The minimum atomic E-state index is -3.54. The maximum absolute atomic E-state index is 12.6. The molecule has 0 heterocycles. The summed E-state index contributed by atoms with van der Waals surface area (Å²) in [5.41, 5.74) is 0.613. The van der Waals surface area contributed by atoms with Gasteiger partial charge in [0.2, 0.25) is 15.9 Å². The molecule has 1 aliphatic rings. The van der Waals surface area contributed by atoms with Crippen LogP contribution in [-0.4, -0.2) is 66.0 Å². The van der Waals surface area contributed by atoms with E-state index < -0.39 is 15.4 Å². The molecule has 2 rings (SSSR count). The number of guanidine groups is 1. The van der Waals surface area contributed by atoms with E-state index in [1.165, 1.54) is 0 Å². The predicted molar refractivity (Wildman–Crippen MR) is 115 cm³/mol. The first kappa shape index (κ1) is 23.2. The van der Waals surface area contributed by atoms with Gasteiger partial charge in [0.1, 0.15) is 0 Å². The summed E-state index contributed by atoms with van der Waals surface area (Å²) in [7, 11) is 1.69. The smallest absolute Gasteiger partial charge is 0.240 e. The molecule has 0 radical (unpaired) electrons. The van der Waals surface area contributed by atoms with Crippen molar-refractivity contribution in [3.63, 3.8) is 0 Å². The predicted octanol–water partition coefficient (Wildman–Crippen LogP) is 1.09. The van der Waals surface area contributed by atoms with Gasteiger partial charge < -0.3 is 15.5 Å². The van der Waals surface area contributed by atoms with Gasteiger partial charge in [-0.3, -0.25) is 9.79 Å². The molecule has 1 aliphatic carbocycles. The second kappa shape index (κ2) is 10.1. The number of aliphatic imine (C=N–C) groups is 1. The van der Waals surface area contributed by atoms with Gasteiger partial charge in [-0.2, -0.15) is 0 Å². The fourth-order valence-corrected chi connectivity index (χ4v) is 4.66. The number of carbonyl (C=O) groups is 1. The van der Waals surface area contributed by atoms with Crippen molar-refractivity contribution < 1.29 is 13.2 Å². The lowest BCUT2D eigenvalue weighted by molar-refractivity contribution is -0.138. The summed E-state index contributed by atoms with van der Waals surface area (Å²) in [5.74, 6) is 0.696. The van der Waals surface area contributed by atoms with Gasteiger partial charge in [-0.1, -0.05) is 30.5 Å². The lowest BCUT2D eigenvalue weighted by Crippen LogP contribution is -2.50. The van der Waals surface area contributed by atoms with Crippen molar-refractivity contribution in [2.45, 2.75) is 37.5 Å². The Morgan fingerprint density at radius 2 is 1.72 bits per heavy atom. The highest BCUT2D eigenvalue weighted by atomic mass is 32.2. The third kappa shape index (κ3) is 6.17. The molecule has 1 aromatic carbocycles. The van der Waals surface area contributed by atoms with Crippen molar-refractivity contribution in [1.82, 2.24) is 20.3 Å². The van der Waals surface area contributed by atoms with Crippen LogP contribution >= 0.6 is 0 Å². The second-order valence-corrected chi connectivity index (χ2v) is 9.52. The van der Waals surface area contributed by atoms with E-state index in [1.54, 1.807) is 50.3 Å². The number of hydrogen-bond acceptors (Lipinski definition) is 4. The number of sulfonamides is 1. The molecule has 9 heteroatoms. The summed E-state index contributed by atoms with van der Waals surface area (Å²) in [6, 6.07) is 6.72. The van der Waals surface area contributed by atoms with Gasteiger partial charge in [0.05, 0.1) is 10.3 Å². The minimum absolute atomic E-state index is 0.142. The average molecular weight is 424 g/mol. The van der Waals surface area contributed by atoms with Crippen LogP contribution in [0.2, 0.25) is 0 Å². The van der Waals surface area contributed by atoms with Gasteiger partial charge in [-0.15, -0.1) is 0 Å². The summed E-state index contributed by atoms with van der Waals surface area (Å²) in [6.07, 6.45) is 3.83. The van der Waals surface area contributed by atoms with Gasteiger partial charge in [0.25, 0.3) is 0 Å². The quantitative estimate of drug-likeness (QED) is 0.330. The molecule has 0 saturated heterocycles. The van der Waals surface area contributed by atoms with E-state index in [4.69, 9.17) is 0 Å². The molecule has 162 valence electrons. The van der Waals surface area contributed by atoms with Crippen molar-refractivity contribution >= 4 is 21.9 Å². The van der Waals surface area contributed by atoms with Gasteiger partial charge in [0.15, 0.2) is 5.96 Å². The van der Waals surface area contributed by atoms with Crippen LogP contribution in [0.5, 0.6) is 0 Å². The van der Waals surface area contributed by atoms with Crippen molar-refractivity contribution in [3.05, 3.63) is 29.8 Å². The van der Waals surface area contributed by atoms with Crippen LogP contribution < -0.4 is 15.4 Å². The van der Waals surface area contributed by atoms with Crippen molar-refractivity contribution in [3.8, 4) is 0 Å². The lowest BCUT2D eigenvalue weighted by Gasteiger charge is -2.31. The van der Waals surface area contributed by atoms with Crippen LogP contribution in [0.4, 0.5) is 0 Å². The highest BCUT2D eigenvalue weighted by Crippen LogP contribution is 2.38. The molecule has 0 aromatic heterocycles. The van der Waals surface area contributed by atoms with E-state index >= 15 is 0 Å². The van der Waals surface area contributed by atoms with Gasteiger partial charge in [-0.25, -0.2) is 13.1 Å². The average Bonchev–Trinajstić information content (AvgIpc) is 3.17. The Labute approximate surface area is 174 Å². The molecule has 29 heavy (non-hydrogen) atoms. The number of rotatable bonds is 8. The molecule has 1 amide bonds. The molecule has 1 saturated carbocycles. The molecule has 0 bridgehead atoms. The van der Waals surface area contributed by atoms with Crippen LogP contribution in [0.1, 0.15) is 31.2 Å². The number of hydrogen-bond donors (Lipinski definition) is 3. The van der Waals surface area contributed by atoms with E-state index in [0.29, 0.717) is 19.0 Å². The largest absolute Gasteiger partial charge is 0.355 e. The molecule has 8 nitrogen and oxygen atoms in total. The molecule has 1 aromatic rings. The number of nitrogens with one attached hydrogen (secondary N) is 3. The zero-order valence-electron chi connectivity index (χ0n) is 17.8. The Morgan fingerprint density at radius 1 is 1.10 bits per heavy atom. The van der Waals surface area contributed by atoms with E-state index in [0.717, 1.165) is 31.2 Å². The first-order valence-electron chi connectivity index (χ1n) is 9.93. The lowest BCUT2D eigenvalue weighted by atomic mass is 9.84. The summed E-state index contributed by atoms with van der Waals surface area (Å²) in [6.45, 7) is 3.02. The molecule has 3 N–H and O–H groups in total. The van der Waals surface area contributed by atoms with E-state index in [-0.39, 0.29) is 17.3 Å². The molecule has 0 aliphatic heterocycles. The van der Waals surface area contributed by atoms with Crippen LogP contribution in [0.3, 0.4) is 0 Å². The number of carbonyl (C=O) groups excluding carboxylic acids is 1. The zero-order valence-corrected chi connectivity index (χ0v) is 18.6. The van der Waals surface area contributed by atoms with E-state index in [9.17, 15) is 13.2 Å². The first-order valence-corrected chi connectivity index (χ1v) is 11.4. The van der Waals surface area contributed by atoms with Crippen LogP contribution in [0.15, 0.2) is 34.2 Å². The Morgan fingerprint density at radius 3 is 2.28 bits per heavy atom. The van der Waals surface area contributed by atoms with Gasteiger partial charge >= 0.3 is 0 Å². The normalized spacial score (nSPS) is 16.5. The first-order chi connectivity index (χ1) is 13.7. The summed E-state index contributed by atoms with van der Waals surface area (Å²) >= 11 is 0. The van der Waals surface area contributed by atoms with Crippen LogP contribution in [0, 0.1) is 12.3 Å². The molecular formula is C20H33N5O3S. The Kier molecular flexibility index (Phi) is 8.04. The zero-order chi connectivity index (χ0) is 21.5. The topological polar surface area (TPSA) is 103 Å². The SMILES string of the molecule is CN=C(NCCNS(=O)(=O)c1ccc(C)cc1)NCC1(C(=O)N(C)C)CCCC1. The monoisotopic (exact) mass is 423 g/mol. The second-order valence-electron chi connectivity index (χ2n) is 7.75. The highest BCUT2D eigenvalue weighted by molar-refractivity contribution is 7.89. The third-order valence-corrected chi connectivity index (χ3v) is 6.76. The molecule has 0 spiro atoms. The molecule has 0 unspecified atom stereocenters. The van der Waals surface area contributed by atoms with E-state index in [2.05, 4.69) is 20.3 Å². The van der Waals surface area contributed by atoms with Gasteiger partial charge in [0, 0.05) is 40.8 Å². The third-order valence-electron chi connectivity index (χ3n) is 5.28. The summed E-state index contributed by atoms with van der Waals surface area (Å²) in [4.78, 5) is 18.7. The maximum Gasteiger partial charge on any atom is 0.240 e. The Balaban J connectivity index is 1.83. The number of benzene rings is 1. The van der Waals surface area contributed by atoms with E-state index in [1.807, 2.05) is 6.92 Å².